The Hall–Kier alpha value is -1.22. The number of nitrogens with zero attached hydrogens (tertiary/aromatic N) is 3. The third kappa shape index (κ3) is 8.45. The molecule has 4 heterocycles. The van der Waals surface area contributed by atoms with E-state index in [1.54, 1.807) is 11.8 Å². The SMILES string of the molecule is Cc1nc2c(c(=O)n1CCOC1CCC(Cl)CC1C1CC(C)NC3C(C(=O)NS(C)(=O)=O)CSC13)C[C@@H](N(C)CC1CCNCC1)CC2. The Balaban J connectivity index is 1.11. The van der Waals surface area contributed by atoms with Crippen molar-refractivity contribution >= 4 is 39.3 Å². The van der Waals surface area contributed by atoms with Gasteiger partial charge in [0.1, 0.15) is 5.82 Å². The summed E-state index contributed by atoms with van der Waals surface area (Å²) in [5.41, 5.74) is 1.92. The van der Waals surface area contributed by atoms with Crippen molar-refractivity contribution in [2.24, 2.45) is 23.7 Å². The maximum Gasteiger partial charge on any atom is 0.257 e. The maximum absolute atomic E-state index is 13.9. The van der Waals surface area contributed by atoms with Crippen molar-refractivity contribution in [2.75, 3.05) is 45.3 Å². The van der Waals surface area contributed by atoms with E-state index >= 15 is 0 Å². The Morgan fingerprint density at radius 1 is 1.17 bits per heavy atom. The van der Waals surface area contributed by atoms with E-state index in [-0.39, 0.29) is 46.2 Å². The smallest absolute Gasteiger partial charge is 0.257 e. The van der Waals surface area contributed by atoms with E-state index in [9.17, 15) is 18.0 Å². The Labute approximate surface area is 295 Å². The number of alkyl halides is 1. The van der Waals surface area contributed by atoms with E-state index < -0.39 is 21.8 Å². The fourth-order valence-corrected chi connectivity index (χ4v) is 11.9. The molecule has 11 nitrogen and oxygen atoms in total. The molecule has 48 heavy (non-hydrogen) atoms. The second-order valence-corrected chi connectivity index (χ2v) is 18.8. The molecule has 1 saturated carbocycles. The minimum Gasteiger partial charge on any atom is -0.376 e. The first-order chi connectivity index (χ1) is 22.9. The van der Waals surface area contributed by atoms with Crippen molar-refractivity contribution in [1.29, 1.82) is 0 Å². The molecule has 6 rings (SSSR count). The van der Waals surface area contributed by atoms with Crippen LogP contribution in [0.1, 0.15) is 69.0 Å². The number of nitrogens with one attached hydrogen (secondary N) is 3. The highest BCUT2D eigenvalue weighted by atomic mass is 35.5. The number of carbonyl (C=O) groups is 1. The van der Waals surface area contributed by atoms with Gasteiger partial charge in [0.05, 0.1) is 37.1 Å². The molecule has 3 saturated heterocycles. The van der Waals surface area contributed by atoms with Crippen LogP contribution in [0.15, 0.2) is 4.79 Å². The molecular formula is C34H55ClN6O5S2. The number of sulfonamides is 1. The molecule has 3 aliphatic heterocycles. The number of thioether (sulfide) groups is 1. The molecule has 4 fully saturated rings. The number of aryl methyl sites for hydroxylation is 2. The number of likely N-dealkylation sites (N-methyl/N-ethyl adjacent to an activating group) is 1. The summed E-state index contributed by atoms with van der Waals surface area (Å²) in [5.74, 6) is 1.71. The van der Waals surface area contributed by atoms with Crippen LogP contribution in [-0.2, 0) is 38.9 Å². The molecule has 0 spiro atoms. The van der Waals surface area contributed by atoms with E-state index in [2.05, 4.69) is 34.2 Å². The van der Waals surface area contributed by atoms with Crippen molar-refractivity contribution in [2.45, 2.75) is 113 Å². The highest BCUT2D eigenvalue weighted by Gasteiger charge is 2.52. The Bertz CT molecular complexity index is 1470. The van der Waals surface area contributed by atoms with Crippen LogP contribution in [0, 0.1) is 30.6 Å². The predicted octanol–water partition coefficient (Wildman–Crippen LogP) is 2.31. The Kier molecular flexibility index (Phi) is 11.9. The average Bonchev–Trinajstić information content (AvgIpc) is 3.46. The summed E-state index contributed by atoms with van der Waals surface area (Å²) in [5, 5.41) is 7.33. The summed E-state index contributed by atoms with van der Waals surface area (Å²) >= 11 is 8.55. The number of hydrogen-bond acceptors (Lipinski definition) is 10. The van der Waals surface area contributed by atoms with Gasteiger partial charge in [0.2, 0.25) is 15.9 Å². The number of amides is 1. The lowest BCUT2D eigenvalue weighted by Crippen LogP contribution is -2.58. The van der Waals surface area contributed by atoms with Crippen molar-refractivity contribution in [3.8, 4) is 0 Å². The molecule has 1 aromatic heterocycles. The van der Waals surface area contributed by atoms with Gasteiger partial charge in [-0.3, -0.25) is 18.9 Å². The van der Waals surface area contributed by atoms with E-state index in [1.165, 1.54) is 12.8 Å². The van der Waals surface area contributed by atoms with Gasteiger partial charge in [-0.2, -0.15) is 11.8 Å². The van der Waals surface area contributed by atoms with Gasteiger partial charge in [0, 0.05) is 46.6 Å². The van der Waals surface area contributed by atoms with Gasteiger partial charge >= 0.3 is 0 Å². The molecule has 8 unspecified atom stereocenters. The quantitative estimate of drug-likeness (QED) is 0.309. The van der Waals surface area contributed by atoms with E-state index in [1.807, 2.05) is 11.5 Å². The summed E-state index contributed by atoms with van der Waals surface area (Å²) in [7, 11) is -1.41. The van der Waals surface area contributed by atoms with E-state index in [4.69, 9.17) is 21.3 Å². The molecule has 9 atom stereocenters. The molecular weight excluding hydrogens is 672 g/mol. The summed E-state index contributed by atoms with van der Waals surface area (Å²) in [4.78, 5) is 34.3. The summed E-state index contributed by atoms with van der Waals surface area (Å²) in [6, 6.07) is 0.444. The first-order valence-corrected chi connectivity index (χ1v) is 21.4. The largest absolute Gasteiger partial charge is 0.376 e. The Morgan fingerprint density at radius 2 is 1.94 bits per heavy atom. The molecule has 270 valence electrons. The van der Waals surface area contributed by atoms with Gasteiger partial charge in [-0.25, -0.2) is 13.4 Å². The van der Waals surface area contributed by atoms with Crippen LogP contribution in [-0.4, -0.2) is 109 Å². The third-order valence-electron chi connectivity index (χ3n) is 11.7. The van der Waals surface area contributed by atoms with Gasteiger partial charge in [0.15, 0.2) is 0 Å². The molecule has 1 amide bonds. The number of fused-ring (bicyclic) bond motifs is 2. The van der Waals surface area contributed by atoms with Crippen LogP contribution in [0.3, 0.4) is 0 Å². The highest BCUT2D eigenvalue weighted by molar-refractivity contribution is 8.00. The zero-order valence-corrected chi connectivity index (χ0v) is 31.3. The highest BCUT2D eigenvalue weighted by Crippen LogP contribution is 2.48. The third-order valence-corrected chi connectivity index (χ3v) is 14.2. The minimum absolute atomic E-state index is 0.00931. The van der Waals surface area contributed by atoms with Gasteiger partial charge < -0.3 is 20.3 Å². The molecule has 3 N–H and O–H groups in total. The van der Waals surface area contributed by atoms with Crippen molar-refractivity contribution in [1.82, 2.24) is 29.8 Å². The number of rotatable bonds is 10. The zero-order valence-electron chi connectivity index (χ0n) is 29.0. The molecule has 0 aromatic carbocycles. The molecule has 5 aliphatic rings. The minimum atomic E-state index is -3.63. The van der Waals surface area contributed by atoms with Crippen molar-refractivity contribution in [3.05, 3.63) is 27.4 Å². The van der Waals surface area contributed by atoms with Crippen LogP contribution in [0.2, 0.25) is 0 Å². The van der Waals surface area contributed by atoms with E-state index in [0.717, 1.165) is 87.9 Å². The van der Waals surface area contributed by atoms with Gasteiger partial charge in [-0.15, -0.1) is 11.6 Å². The zero-order chi connectivity index (χ0) is 34.2. The second-order valence-electron chi connectivity index (χ2n) is 15.2. The van der Waals surface area contributed by atoms with Crippen LogP contribution < -0.4 is 20.9 Å². The number of ether oxygens (including phenoxy) is 1. The fraction of sp³-hybridized carbons (Fsp3) is 0.853. The molecule has 1 aromatic rings. The fourth-order valence-electron chi connectivity index (χ4n) is 9.25. The van der Waals surface area contributed by atoms with Crippen LogP contribution in [0.25, 0.3) is 0 Å². The topological polar surface area (TPSA) is 135 Å². The normalized spacial score (nSPS) is 34.5. The monoisotopic (exact) mass is 726 g/mol. The molecule has 2 aliphatic carbocycles. The van der Waals surface area contributed by atoms with Crippen molar-refractivity contribution < 1.29 is 17.9 Å². The maximum atomic E-state index is 13.9. The predicted molar refractivity (Wildman–Crippen MR) is 191 cm³/mol. The van der Waals surface area contributed by atoms with Crippen LogP contribution >= 0.6 is 23.4 Å². The molecule has 0 bridgehead atoms. The lowest BCUT2D eigenvalue weighted by molar-refractivity contribution is -0.123. The van der Waals surface area contributed by atoms with Gasteiger partial charge in [-0.1, -0.05) is 0 Å². The summed E-state index contributed by atoms with van der Waals surface area (Å²) in [6.45, 7) is 8.24. The molecule has 14 heteroatoms. The lowest BCUT2D eigenvalue weighted by atomic mass is 9.70. The summed E-state index contributed by atoms with van der Waals surface area (Å²) < 4.78 is 34.3. The summed E-state index contributed by atoms with van der Waals surface area (Å²) in [6.07, 6.45) is 9.64. The first kappa shape index (κ1) is 36.6. The van der Waals surface area contributed by atoms with Crippen LogP contribution in [0.4, 0.5) is 0 Å². The lowest BCUT2D eigenvalue weighted by Gasteiger charge is -2.47. The number of piperidine rings is 2. The number of aromatic nitrogens is 2. The second kappa shape index (κ2) is 15.6. The van der Waals surface area contributed by atoms with E-state index in [0.29, 0.717) is 30.9 Å². The Morgan fingerprint density at radius 3 is 2.69 bits per heavy atom. The first-order valence-electron chi connectivity index (χ1n) is 18.0. The molecule has 0 radical (unpaired) electrons. The van der Waals surface area contributed by atoms with Gasteiger partial charge in [-0.05, 0) is 110 Å². The average molecular weight is 727 g/mol. The standard InChI is InChI=1S/C34H55ClN6O5S2/c1-20-15-26(32-31(37-20)28(19-47-32)33(42)39-48(4,44)45)25-16-23(35)5-8-30(25)46-14-13-41-21(2)38-29-7-6-24(17-27(29)34(41)43)40(3)18-22-9-11-36-12-10-22/h20,22-26,28,30-32,36-37H,5-19H2,1-4H3,(H,39,42)/t20?,23?,24-,25?,26?,28?,30?,31?,32?/m0/s1. The number of halogens is 1. The van der Waals surface area contributed by atoms with Gasteiger partial charge in [0.25, 0.3) is 5.56 Å². The van der Waals surface area contributed by atoms with Crippen LogP contribution in [0.5, 0.6) is 0 Å². The number of carbonyl (C=O) groups excluding carboxylic acids is 1. The number of hydrogen-bond donors (Lipinski definition) is 3. The van der Waals surface area contributed by atoms with Crippen molar-refractivity contribution in [3.63, 3.8) is 0 Å².